The summed E-state index contributed by atoms with van der Waals surface area (Å²) in [6.45, 7) is 6.04. The number of fused-ring (bicyclic) bond motifs is 1. The van der Waals surface area contributed by atoms with Gasteiger partial charge in [0.15, 0.2) is 0 Å². The summed E-state index contributed by atoms with van der Waals surface area (Å²) in [5.74, 6) is 0.323. The molecule has 0 bridgehead atoms. The Balaban J connectivity index is 1.83. The molecule has 19 heavy (non-hydrogen) atoms. The first kappa shape index (κ1) is 11.9. The Morgan fingerprint density at radius 3 is 2.68 bits per heavy atom. The SMILES string of the molecule is C[C@@H]1C(=O)O[C@H]2[C@H]1CC[C@@]1(C)C(=O)CC[C@@]3(C)O[C@]231. The molecule has 4 fully saturated rings. The van der Waals surface area contributed by atoms with E-state index in [0.717, 1.165) is 19.3 Å². The van der Waals surface area contributed by atoms with Crippen LogP contribution in [-0.4, -0.2) is 29.1 Å². The van der Waals surface area contributed by atoms with Crippen molar-refractivity contribution in [3.8, 4) is 0 Å². The second-order valence-electron chi connectivity index (χ2n) is 7.17. The van der Waals surface area contributed by atoms with Gasteiger partial charge in [0.05, 0.1) is 11.3 Å². The molecular formula is C15H20O4. The molecule has 4 heteroatoms. The minimum absolute atomic E-state index is 0.0607. The summed E-state index contributed by atoms with van der Waals surface area (Å²) in [6.07, 6.45) is 2.85. The van der Waals surface area contributed by atoms with Gasteiger partial charge in [-0.3, -0.25) is 9.59 Å². The zero-order valence-electron chi connectivity index (χ0n) is 11.7. The molecule has 6 atom stereocenters. The molecule has 2 saturated heterocycles. The third-order valence-electron chi connectivity index (χ3n) is 6.42. The number of hydrogen-bond acceptors (Lipinski definition) is 4. The van der Waals surface area contributed by atoms with E-state index in [1.807, 2.05) is 13.8 Å². The van der Waals surface area contributed by atoms with Crippen LogP contribution in [0.4, 0.5) is 0 Å². The van der Waals surface area contributed by atoms with Gasteiger partial charge in [-0.25, -0.2) is 0 Å². The van der Waals surface area contributed by atoms with Crippen LogP contribution < -0.4 is 0 Å². The number of ketones is 1. The number of epoxide rings is 1. The van der Waals surface area contributed by atoms with Gasteiger partial charge >= 0.3 is 5.97 Å². The molecule has 0 unspecified atom stereocenters. The van der Waals surface area contributed by atoms with Gasteiger partial charge in [-0.1, -0.05) is 6.92 Å². The maximum absolute atomic E-state index is 12.5. The van der Waals surface area contributed by atoms with Gasteiger partial charge in [-0.15, -0.1) is 0 Å². The van der Waals surface area contributed by atoms with Crippen LogP contribution in [0.25, 0.3) is 0 Å². The summed E-state index contributed by atoms with van der Waals surface area (Å²) >= 11 is 0. The van der Waals surface area contributed by atoms with Crippen molar-refractivity contribution < 1.29 is 19.1 Å². The molecule has 2 aliphatic heterocycles. The number of carbonyl (C=O) groups is 2. The molecule has 2 aliphatic carbocycles. The van der Waals surface area contributed by atoms with E-state index in [2.05, 4.69) is 6.92 Å². The maximum atomic E-state index is 12.5. The van der Waals surface area contributed by atoms with Crippen molar-refractivity contribution in [2.45, 2.75) is 63.8 Å². The average Bonchev–Trinajstić information content (AvgIpc) is 2.90. The molecule has 0 aromatic heterocycles. The van der Waals surface area contributed by atoms with Crippen LogP contribution in [0, 0.1) is 17.3 Å². The van der Waals surface area contributed by atoms with Crippen LogP contribution >= 0.6 is 0 Å². The number of esters is 1. The molecule has 2 heterocycles. The lowest BCUT2D eigenvalue weighted by Crippen LogP contribution is -2.61. The molecule has 4 nitrogen and oxygen atoms in total. The lowest BCUT2D eigenvalue weighted by atomic mass is 9.52. The first-order valence-electron chi connectivity index (χ1n) is 7.30. The summed E-state index contributed by atoms with van der Waals surface area (Å²) in [6, 6.07) is 0. The second kappa shape index (κ2) is 3.05. The first-order valence-corrected chi connectivity index (χ1v) is 7.30. The first-order chi connectivity index (χ1) is 8.86. The molecule has 0 N–H and O–H groups in total. The lowest BCUT2D eigenvalue weighted by molar-refractivity contribution is -0.157. The van der Waals surface area contributed by atoms with Gasteiger partial charge in [-0.2, -0.15) is 0 Å². The lowest BCUT2D eigenvalue weighted by Gasteiger charge is -2.47. The summed E-state index contributed by atoms with van der Waals surface area (Å²) in [5.41, 5.74) is -1.28. The highest BCUT2D eigenvalue weighted by atomic mass is 16.7. The molecule has 4 rings (SSSR count). The van der Waals surface area contributed by atoms with E-state index in [1.54, 1.807) is 0 Å². The zero-order chi connectivity index (χ0) is 13.6. The third-order valence-corrected chi connectivity index (χ3v) is 6.42. The largest absolute Gasteiger partial charge is 0.459 e. The van der Waals surface area contributed by atoms with Crippen LogP contribution in [0.1, 0.15) is 46.5 Å². The Labute approximate surface area is 112 Å². The van der Waals surface area contributed by atoms with Crippen molar-refractivity contribution >= 4 is 11.8 Å². The van der Waals surface area contributed by atoms with Crippen LogP contribution in [0.3, 0.4) is 0 Å². The monoisotopic (exact) mass is 264 g/mol. The van der Waals surface area contributed by atoms with Gasteiger partial charge in [0.25, 0.3) is 0 Å². The fraction of sp³-hybridized carbons (Fsp3) is 0.867. The number of Topliss-reactive ketones (excluding diaryl/α,β-unsaturated/α-hetero) is 1. The molecule has 1 spiro atoms. The molecule has 104 valence electrons. The third kappa shape index (κ3) is 1.04. The van der Waals surface area contributed by atoms with Crippen molar-refractivity contribution in [1.29, 1.82) is 0 Å². The Bertz CT molecular complexity index is 500. The smallest absolute Gasteiger partial charge is 0.309 e. The molecular weight excluding hydrogens is 244 g/mol. The topological polar surface area (TPSA) is 55.9 Å². The average molecular weight is 264 g/mol. The van der Waals surface area contributed by atoms with Crippen molar-refractivity contribution in [2.75, 3.05) is 0 Å². The van der Waals surface area contributed by atoms with Crippen molar-refractivity contribution in [2.24, 2.45) is 17.3 Å². The fourth-order valence-corrected chi connectivity index (χ4v) is 5.09. The Kier molecular flexibility index (Phi) is 1.91. The van der Waals surface area contributed by atoms with Crippen LogP contribution in [0.2, 0.25) is 0 Å². The maximum Gasteiger partial charge on any atom is 0.309 e. The normalized spacial score (nSPS) is 59.0. The van der Waals surface area contributed by atoms with Gasteiger partial charge in [0, 0.05) is 12.3 Å². The fourth-order valence-electron chi connectivity index (χ4n) is 5.09. The molecule has 0 radical (unpaired) electrons. The summed E-state index contributed by atoms with van der Waals surface area (Å²) < 4.78 is 11.8. The zero-order valence-corrected chi connectivity index (χ0v) is 11.7. The van der Waals surface area contributed by atoms with E-state index in [9.17, 15) is 9.59 Å². The molecule has 0 aromatic rings. The minimum Gasteiger partial charge on any atom is -0.459 e. The van der Waals surface area contributed by atoms with E-state index in [0.29, 0.717) is 6.42 Å². The number of hydrogen-bond donors (Lipinski definition) is 0. The Hall–Kier alpha value is -0.900. The molecule has 0 aromatic carbocycles. The number of carbonyl (C=O) groups excluding carboxylic acids is 2. The van der Waals surface area contributed by atoms with E-state index in [4.69, 9.17) is 9.47 Å². The molecule has 4 aliphatic rings. The minimum atomic E-state index is -0.543. The van der Waals surface area contributed by atoms with Crippen molar-refractivity contribution in [3.63, 3.8) is 0 Å². The number of ether oxygens (including phenoxy) is 2. The predicted molar refractivity (Wildman–Crippen MR) is 66.3 cm³/mol. The summed E-state index contributed by atoms with van der Waals surface area (Å²) in [7, 11) is 0. The van der Waals surface area contributed by atoms with Crippen molar-refractivity contribution in [3.05, 3.63) is 0 Å². The highest BCUT2D eigenvalue weighted by Crippen LogP contribution is 2.72. The van der Waals surface area contributed by atoms with E-state index in [-0.39, 0.29) is 35.3 Å². The molecule has 2 saturated carbocycles. The highest BCUT2D eigenvalue weighted by molar-refractivity contribution is 5.89. The highest BCUT2D eigenvalue weighted by Gasteiger charge is 2.85. The van der Waals surface area contributed by atoms with Crippen LogP contribution in [0.15, 0.2) is 0 Å². The summed E-state index contributed by atoms with van der Waals surface area (Å²) in [5, 5.41) is 0. The Morgan fingerprint density at radius 1 is 1.21 bits per heavy atom. The number of rotatable bonds is 0. The van der Waals surface area contributed by atoms with E-state index < -0.39 is 11.0 Å². The standard InChI is InChI=1S/C15H20O4/c1-8-9-4-6-13(2)10(16)5-7-14(3)15(13,19-14)11(9)18-12(8)17/h8-9,11H,4-7H2,1-3H3/t8-,9-,11-,13-,14+,15-/m0/s1. The van der Waals surface area contributed by atoms with Gasteiger partial charge in [-0.05, 0) is 33.1 Å². The van der Waals surface area contributed by atoms with Crippen molar-refractivity contribution in [1.82, 2.24) is 0 Å². The Morgan fingerprint density at radius 2 is 1.95 bits per heavy atom. The van der Waals surface area contributed by atoms with Crippen LogP contribution in [0.5, 0.6) is 0 Å². The predicted octanol–water partition coefficient (Wildman–Crippen LogP) is 1.85. The quantitative estimate of drug-likeness (QED) is 0.495. The van der Waals surface area contributed by atoms with Gasteiger partial charge in [0.2, 0.25) is 0 Å². The van der Waals surface area contributed by atoms with E-state index in [1.165, 1.54) is 0 Å². The van der Waals surface area contributed by atoms with Gasteiger partial charge < -0.3 is 9.47 Å². The molecule has 0 amide bonds. The summed E-state index contributed by atoms with van der Waals surface area (Å²) in [4.78, 5) is 24.4. The second-order valence-corrected chi connectivity index (χ2v) is 7.17. The van der Waals surface area contributed by atoms with Gasteiger partial charge in [0.1, 0.15) is 23.1 Å². The van der Waals surface area contributed by atoms with Crippen LogP contribution in [-0.2, 0) is 19.1 Å². The van der Waals surface area contributed by atoms with E-state index >= 15 is 0 Å².